The van der Waals surface area contributed by atoms with Crippen molar-refractivity contribution in [1.29, 1.82) is 0 Å². The number of hydrogen-bond acceptors (Lipinski definition) is 2. The lowest BCUT2D eigenvalue weighted by Crippen LogP contribution is -2.25. The van der Waals surface area contributed by atoms with Gasteiger partial charge in [-0.25, -0.2) is 0 Å². The largest absolute Gasteiger partial charge is 0.298 e. The molecule has 2 nitrogen and oxygen atoms in total. The highest BCUT2D eigenvalue weighted by molar-refractivity contribution is 7.87. The van der Waals surface area contributed by atoms with E-state index < -0.39 is 7.05 Å². The van der Waals surface area contributed by atoms with Crippen LogP contribution < -0.4 is 15.9 Å². The van der Waals surface area contributed by atoms with Crippen molar-refractivity contribution in [3.63, 3.8) is 0 Å². The second-order valence-corrected chi connectivity index (χ2v) is 9.47. The third-order valence-electron chi connectivity index (χ3n) is 4.68. The smallest absolute Gasteiger partial charge is 0.150 e. The molecule has 0 aromatic heterocycles. The highest BCUT2D eigenvalue weighted by atomic mass is 31.2. The Morgan fingerprint density at radius 1 is 0.536 bits per heavy atom. The molecule has 0 heterocycles. The number of aldehydes is 1. The fourth-order valence-corrected chi connectivity index (χ4v) is 6.88. The van der Waals surface area contributed by atoms with Crippen LogP contribution in [0.4, 0.5) is 5.69 Å². The van der Waals surface area contributed by atoms with Gasteiger partial charge in [0.25, 0.3) is 0 Å². The van der Waals surface area contributed by atoms with Crippen LogP contribution in [-0.2, 0) is 0 Å². The molecule has 0 amide bonds. The highest BCUT2D eigenvalue weighted by Gasteiger charge is 2.27. The molecule has 0 aliphatic rings. The number of benzene rings is 4. The van der Waals surface area contributed by atoms with Gasteiger partial charge in [-0.15, -0.1) is 0 Å². The highest BCUT2D eigenvalue weighted by Crippen LogP contribution is 2.49. The predicted octanol–water partition coefficient (Wildman–Crippen LogP) is 5.31. The molecule has 4 rings (SSSR count). The third kappa shape index (κ3) is 3.47. The molecule has 0 saturated heterocycles. The van der Waals surface area contributed by atoms with E-state index >= 15 is 0 Å². The molecule has 0 radical (unpaired) electrons. The summed E-state index contributed by atoms with van der Waals surface area (Å²) >= 11 is 0. The van der Waals surface area contributed by atoms with Crippen LogP contribution in [0.1, 0.15) is 10.4 Å². The van der Waals surface area contributed by atoms with Crippen LogP contribution in [0.25, 0.3) is 0 Å². The SMILES string of the molecule is O=Cc1ccc(N=P(c2ccccc2)(c2ccccc2)c2ccccc2)cc1. The van der Waals surface area contributed by atoms with Gasteiger partial charge in [0.15, 0.2) is 0 Å². The van der Waals surface area contributed by atoms with Gasteiger partial charge < -0.3 is 0 Å². The molecule has 0 bridgehead atoms. The van der Waals surface area contributed by atoms with Crippen molar-refractivity contribution >= 4 is 34.9 Å². The van der Waals surface area contributed by atoms with E-state index in [-0.39, 0.29) is 0 Å². The van der Waals surface area contributed by atoms with Crippen LogP contribution in [0.15, 0.2) is 120 Å². The molecule has 0 unspecified atom stereocenters. The Hall–Kier alpha value is -3.22. The Morgan fingerprint density at radius 2 is 0.929 bits per heavy atom. The van der Waals surface area contributed by atoms with E-state index in [1.807, 2.05) is 42.5 Å². The first-order valence-corrected chi connectivity index (χ1v) is 10.9. The fraction of sp³-hybridized carbons (Fsp3) is 0. The summed E-state index contributed by atoms with van der Waals surface area (Å²) < 4.78 is 5.37. The summed E-state index contributed by atoms with van der Waals surface area (Å²) in [5.41, 5.74) is 1.53. The van der Waals surface area contributed by atoms with Gasteiger partial charge in [-0.1, -0.05) is 91.0 Å². The van der Waals surface area contributed by atoms with E-state index in [1.54, 1.807) is 0 Å². The Bertz CT molecular complexity index is 1000. The lowest BCUT2D eigenvalue weighted by molar-refractivity contribution is 0.112. The van der Waals surface area contributed by atoms with E-state index in [2.05, 4.69) is 72.8 Å². The minimum absolute atomic E-state index is 0.655. The van der Waals surface area contributed by atoms with Gasteiger partial charge in [-0.05, 0) is 24.3 Å². The van der Waals surface area contributed by atoms with E-state index in [0.29, 0.717) is 5.56 Å². The zero-order valence-corrected chi connectivity index (χ0v) is 16.2. The molecule has 28 heavy (non-hydrogen) atoms. The molecule has 0 spiro atoms. The van der Waals surface area contributed by atoms with Crippen LogP contribution >= 0.6 is 7.05 Å². The van der Waals surface area contributed by atoms with Crippen molar-refractivity contribution in [2.75, 3.05) is 0 Å². The van der Waals surface area contributed by atoms with Gasteiger partial charge in [-0.2, -0.15) is 0 Å². The van der Waals surface area contributed by atoms with Crippen LogP contribution in [-0.4, -0.2) is 6.29 Å². The topological polar surface area (TPSA) is 29.4 Å². The first-order valence-electron chi connectivity index (χ1n) is 9.17. The Morgan fingerprint density at radius 3 is 1.29 bits per heavy atom. The van der Waals surface area contributed by atoms with E-state index in [0.717, 1.165) is 12.0 Å². The number of rotatable bonds is 5. The second kappa shape index (κ2) is 8.21. The monoisotopic (exact) mass is 381 g/mol. The molecule has 0 saturated carbocycles. The molecule has 136 valence electrons. The molecular formula is C25H20NOP. The van der Waals surface area contributed by atoms with Gasteiger partial charge in [-0.3, -0.25) is 9.54 Å². The zero-order valence-electron chi connectivity index (χ0n) is 15.3. The summed E-state index contributed by atoms with van der Waals surface area (Å²) in [7, 11) is -2.26. The first kappa shape index (κ1) is 18.2. The maximum Gasteiger partial charge on any atom is 0.150 e. The summed E-state index contributed by atoms with van der Waals surface area (Å²) in [5, 5.41) is 3.60. The average molecular weight is 381 g/mol. The molecule has 4 aromatic rings. The summed E-state index contributed by atoms with van der Waals surface area (Å²) in [6.07, 6.45) is 0.859. The first-order chi connectivity index (χ1) is 13.8. The van der Waals surface area contributed by atoms with E-state index in [4.69, 9.17) is 4.74 Å². The van der Waals surface area contributed by atoms with Crippen molar-refractivity contribution in [2.24, 2.45) is 4.74 Å². The maximum absolute atomic E-state index is 11.0. The van der Waals surface area contributed by atoms with Crippen molar-refractivity contribution in [2.45, 2.75) is 0 Å². The molecule has 4 aromatic carbocycles. The van der Waals surface area contributed by atoms with Gasteiger partial charge >= 0.3 is 0 Å². The molecule has 0 fully saturated rings. The lowest BCUT2D eigenvalue weighted by atomic mass is 10.2. The van der Waals surface area contributed by atoms with Crippen LogP contribution in [0.2, 0.25) is 0 Å². The number of hydrogen-bond donors (Lipinski definition) is 0. The Labute approximate surface area is 165 Å². The van der Waals surface area contributed by atoms with Crippen LogP contribution in [0, 0.1) is 0 Å². The third-order valence-corrected chi connectivity index (χ3v) is 8.35. The molecule has 0 aliphatic heterocycles. The van der Waals surface area contributed by atoms with Crippen molar-refractivity contribution in [1.82, 2.24) is 0 Å². The summed E-state index contributed by atoms with van der Waals surface area (Å²) in [4.78, 5) is 11.0. The van der Waals surface area contributed by atoms with E-state index in [9.17, 15) is 4.79 Å². The minimum atomic E-state index is -2.26. The average Bonchev–Trinajstić information content (AvgIpc) is 2.80. The van der Waals surface area contributed by atoms with Gasteiger partial charge in [0.2, 0.25) is 0 Å². The Kier molecular flexibility index (Phi) is 5.32. The maximum atomic E-state index is 11.0. The van der Waals surface area contributed by atoms with Crippen molar-refractivity contribution in [3.8, 4) is 0 Å². The molecule has 0 atom stereocenters. The standard InChI is InChI=1S/C25H20NOP/c27-20-21-16-18-22(19-17-21)26-28(23-10-4-1-5-11-23,24-12-6-2-7-13-24)25-14-8-3-9-15-25/h1-20H. The second-order valence-electron chi connectivity index (χ2n) is 6.45. The summed E-state index contributed by atoms with van der Waals surface area (Å²) in [6.45, 7) is 0. The Balaban J connectivity index is 2.09. The molecule has 0 aliphatic carbocycles. The van der Waals surface area contributed by atoms with Gasteiger partial charge in [0, 0.05) is 21.5 Å². The van der Waals surface area contributed by atoms with Crippen LogP contribution in [0.5, 0.6) is 0 Å². The number of carbonyl (C=O) groups excluding carboxylic acids is 1. The quantitative estimate of drug-likeness (QED) is 0.340. The summed E-state index contributed by atoms with van der Waals surface area (Å²) in [5.74, 6) is 0. The van der Waals surface area contributed by atoms with Crippen molar-refractivity contribution in [3.05, 3.63) is 121 Å². The predicted molar refractivity (Wildman–Crippen MR) is 119 cm³/mol. The molecule has 3 heteroatoms. The number of nitrogens with zero attached hydrogens (tertiary/aromatic N) is 1. The fourth-order valence-electron chi connectivity index (χ4n) is 3.34. The zero-order chi connectivity index (χ0) is 19.2. The number of carbonyl (C=O) groups is 1. The summed E-state index contributed by atoms with van der Waals surface area (Å²) in [6, 6.07) is 39.0. The van der Waals surface area contributed by atoms with Crippen molar-refractivity contribution < 1.29 is 4.79 Å². The molecule has 0 N–H and O–H groups in total. The molecular weight excluding hydrogens is 361 g/mol. The minimum Gasteiger partial charge on any atom is -0.298 e. The van der Waals surface area contributed by atoms with Gasteiger partial charge in [0.05, 0.1) is 12.7 Å². The lowest BCUT2D eigenvalue weighted by Gasteiger charge is -2.27. The van der Waals surface area contributed by atoms with E-state index in [1.165, 1.54) is 15.9 Å². The normalized spacial score (nSPS) is 11.0. The van der Waals surface area contributed by atoms with Crippen LogP contribution in [0.3, 0.4) is 0 Å². The van der Waals surface area contributed by atoms with Gasteiger partial charge in [0.1, 0.15) is 6.29 Å².